The van der Waals surface area contributed by atoms with Gasteiger partial charge in [-0.25, -0.2) is 0 Å². The summed E-state index contributed by atoms with van der Waals surface area (Å²) in [6.45, 7) is 4.00. The SMILES string of the molecule is Cc1ccc2n[nH]c(C)c2c1NN. The average molecular weight is 176 g/mol. The molecule has 0 radical (unpaired) electrons. The van der Waals surface area contributed by atoms with Crippen molar-refractivity contribution in [2.75, 3.05) is 5.43 Å². The number of nitrogens with zero attached hydrogens (tertiary/aromatic N) is 1. The molecule has 0 aliphatic rings. The van der Waals surface area contributed by atoms with Crippen LogP contribution in [0.4, 0.5) is 5.69 Å². The van der Waals surface area contributed by atoms with Gasteiger partial charge in [-0.3, -0.25) is 10.9 Å². The number of H-pyrrole nitrogens is 1. The molecule has 4 heteroatoms. The van der Waals surface area contributed by atoms with Crippen LogP contribution in [-0.4, -0.2) is 10.2 Å². The van der Waals surface area contributed by atoms with Crippen LogP contribution >= 0.6 is 0 Å². The Morgan fingerprint density at radius 3 is 2.85 bits per heavy atom. The summed E-state index contributed by atoms with van der Waals surface area (Å²) in [6, 6.07) is 3.98. The summed E-state index contributed by atoms with van der Waals surface area (Å²) in [4.78, 5) is 0. The highest BCUT2D eigenvalue weighted by molar-refractivity contribution is 5.94. The quantitative estimate of drug-likeness (QED) is 0.455. The molecule has 13 heavy (non-hydrogen) atoms. The third kappa shape index (κ3) is 1.07. The van der Waals surface area contributed by atoms with Crippen LogP contribution in [0.1, 0.15) is 11.3 Å². The first-order chi connectivity index (χ1) is 6.24. The van der Waals surface area contributed by atoms with E-state index in [1.165, 1.54) is 0 Å². The molecular formula is C9H12N4. The molecule has 0 fully saturated rings. The predicted molar refractivity (Wildman–Crippen MR) is 53.4 cm³/mol. The lowest BCUT2D eigenvalue weighted by atomic mass is 10.1. The first kappa shape index (κ1) is 8.07. The predicted octanol–water partition coefficient (Wildman–Crippen LogP) is 1.47. The summed E-state index contributed by atoms with van der Waals surface area (Å²) in [5.41, 5.74) is 6.75. The number of anilines is 1. The summed E-state index contributed by atoms with van der Waals surface area (Å²) < 4.78 is 0. The van der Waals surface area contributed by atoms with Crippen LogP contribution in [0.3, 0.4) is 0 Å². The van der Waals surface area contributed by atoms with Gasteiger partial charge in [-0.2, -0.15) is 5.10 Å². The third-order valence-corrected chi connectivity index (χ3v) is 2.26. The van der Waals surface area contributed by atoms with Crippen LogP contribution in [0.15, 0.2) is 12.1 Å². The number of benzene rings is 1. The van der Waals surface area contributed by atoms with E-state index >= 15 is 0 Å². The van der Waals surface area contributed by atoms with Crippen LogP contribution < -0.4 is 11.3 Å². The number of hydrogen-bond acceptors (Lipinski definition) is 3. The van der Waals surface area contributed by atoms with Gasteiger partial charge >= 0.3 is 0 Å². The maximum absolute atomic E-state index is 5.45. The molecule has 0 amide bonds. The maximum atomic E-state index is 5.45. The van der Waals surface area contributed by atoms with Gasteiger partial charge in [0.2, 0.25) is 0 Å². The molecule has 0 unspecified atom stereocenters. The van der Waals surface area contributed by atoms with Gasteiger partial charge in [-0.1, -0.05) is 6.07 Å². The standard InChI is InChI=1S/C9H12N4/c1-5-3-4-7-8(9(5)11-10)6(2)12-13-7/h3-4,11H,10H2,1-2H3,(H,12,13). The number of nitrogen functional groups attached to an aromatic ring is 1. The lowest BCUT2D eigenvalue weighted by molar-refractivity contribution is 1.07. The molecule has 2 aromatic rings. The summed E-state index contributed by atoms with van der Waals surface area (Å²) in [5.74, 6) is 5.45. The third-order valence-electron chi connectivity index (χ3n) is 2.26. The molecule has 0 bridgehead atoms. The Kier molecular flexibility index (Phi) is 1.70. The Labute approximate surface area is 76.1 Å². The van der Waals surface area contributed by atoms with Crippen molar-refractivity contribution in [1.29, 1.82) is 0 Å². The molecule has 2 rings (SSSR count). The summed E-state index contributed by atoms with van der Waals surface area (Å²) in [6.07, 6.45) is 0. The van der Waals surface area contributed by atoms with E-state index in [1.54, 1.807) is 0 Å². The molecule has 0 saturated carbocycles. The Hall–Kier alpha value is -1.55. The van der Waals surface area contributed by atoms with E-state index < -0.39 is 0 Å². The summed E-state index contributed by atoms with van der Waals surface area (Å²) in [5, 5.41) is 8.15. The minimum atomic E-state index is 0.941. The Bertz CT molecular complexity index is 444. The van der Waals surface area contributed by atoms with Crippen molar-refractivity contribution in [1.82, 2.24) is 10.2 Å². The Morgan fingerprint density at radius 1 is 1.38 bits per heavy atom. The second-order valence-electron chi connectivity index (χ2n) is 3.14. The van der Waals surface area contributed by atoms with Crippen LogP contribution in [0.5, 0.6) is 0 Å². The molecule has 0 spiro atoms. The van der Waals surface area contributed by atoms with Gasteiger partial charge in [0.25, 0.3) is 0 Å². The topological polar surface area (TPSA) is 66.7 Å². The normalized spacial score (nSPS) is 10.7. The first-order valence-corrected chi connectivity index (χ1v) is 4.15. The number of nitrogens with two attached hydrogens (primary N) is 1. The molecule has 1 heterocycles. The number of aromatic amines is 1. The first-order valence-electron chi connectivity index (χ1n) is 4.15. The zero-order chi connectivity index (χ0) is 9.42. The van der Waals surface area contributed by atoms with Crippen molar-refractivity contribution in [3.8, 4) is 0 Å². The highest BCUT2D eigenvalue weighted by atomic mass is 15.2. The van der Waals surface area contributed by atoms with Gasteiger partial charge in [0.1, 0.15) is 0 Å². The Balaban J connectivity index is 2.88. The fourth-order valence-electron chi connectivity index (χ4n) is 1.55. The monoisotopic (exact) mass is 176 g/mol. The lowest BCUT2D eigenvalue weighted by Gasteiger charge is -2.05. The lowest BCUT2D eigenvalue weighted by Crippen LogP contribution is -2.08. The highest BCUT2D eigenvalue weighted by Gasteiger charge is 2.07. The molecular weight excluding hydrogens is 164 g/mol. The number of rotatable bonds is 1. The van der Waals surface area contributed by atoms with E-state index in [4.69, 9.17) is 5.84 Å². The number of nitrogens with one attached hydrogen (secondary N) is 2. The van der Waals surface area contributed by atoms with Crippen molar-refractivity contribution in [2.24, 2.45) is 5.84 Å². The minimum absolute atomic E-state index is 0.941. The minimum Gasteiger partial charge on any atom is -0.323 e. The molecule has 4 N–H and O–H groups in total. The van der Waals surface area contributed by atoms with Gasteiger partial charge in [0.05, 0.1) is 11.2 Å². The van der Waals surface area contributed by atoms with Crippen LogP contribution in [0, 0.1) is 13.8 Å². The van der Waals surface area contributed by atoms with Gasteiger partial charge in [-0.15, -0.1) is 0 Å². The average Bonchev–Trinajstić information content (AvgIpc) is 2.49. The number of aryl methyl sites for hydroxylation is 2. The van der Waals surface area contributed by atoms with E-state index in [2.05, 4.69) is 15.6 Å². The van der Waals surface area contributed by atoms with Crippen LogP contribution in [-0.2, 0) is 0 Å². The van der Waals surface area contributed by atoms with E-state index in [0.29, 0.717) is 0 Å². The van der Waals surface area contributed by atoms with Gasteiger partial charge in [0.15, 0.2) is 0 Å². The van der Waals surface area contributed by atoms with Crippen LogP contribution in [0.2, 0.25) is 0 Å². The molecule has 0 atom stereocenters. The second kappa shape index (κ2) is 2.74. The highest BCUT2D eigenvalue weighted by Crippen LogP contribution is 2.27. The van der Waals surface area contributed by atoms with Crippen LogP contribution in [0.25, 0.3) is 10.9 Å². The fourth-order valence-corrected chi connectivity index (χ4v) is 1.55. The molecule has 1 aromatic carbocycles. The largest absolute Gasteiger partial charge is 0.323 e. The Morgan fingerprint density at radius 2 is 2.15 bits per heavy atom. The zero-order valence-electron chi connectivity index (χ0n) is 7.68. The summed E-state index contributed by atoms with van der Waals surface area (Å²) in [7, 11) is 0. The molecule has 68 valence electrons. The number of hydrazine groups is 1. The van der Waals surface area contributed by atoms with E-state index in [-0.39, 0.29) is 0 Å². The van der Waals surface area contributed by atoms with E-state index in [0.717, 1.165) is 27.8 Å². The van der Waals surface area contributed by atoms with Crippen molar-refractivity contribution in [3.63, 3.8) is 0 Å². The van der Waals surface area contributed by atoms with Crippen molar-refractivity contribution in [2.45, 2.75) is 13.8 Å². The molecule has 1 aromatic heterocycles. The molecule has 0 aliphatic heterocycles. The fraction of sp³-hybridized carbons (Fsp3) is 0.222. The van der Waals surface area contributed by atoms with Crippen molar-refractivity contribution < 1.29 is 0 Å². The molecule has 4 nitrogen and oxygen atoms in total. The van der Waals surface area contributed by atoms with Gasteiger partial charge < -0.3 is 5.43 Å². The number of hydrogen-bond donors (Lipinski definition) is 3. The zero-order valence-corrected chi connectivity index (χ0v) is 7.68. The summed E-state index contributed by atoms with van der Waals surface area (Å²) >= 11 is 0. The van der Waals surface area contributed by atoms with Gasteiger partial charge in [0, 0.05) is 11.1 Å². The van der Waals surface area contributed by atoms with E-state index in [1.807, 2.05) is 26.0 Å². The van der Waals surface area contributed by atoms with Crippen molar-refractivity contribution >= 4 is 16.6 Å². The number of fused-ring (bicyclic) bond motifs is 1. The van der Waals surface area contributed by atoms with Gasteiger partial charge in [-0.05, 0) is 25.5 Å². The molecule has 0 aliphatic carbocycles. The van der Waals surface area contributed by atoms with E-state index in [9.17, 15) is 0 Å². The maximum Gasteiger partial charge on any atom is 0.0945 e. The number of aromatic nitrogens is 2. The van der Waals surface area contributed by atoms with Crippen molar-refractivity contribution in [3.05, 3.63) is 23.4 Å². The smallest absolute Gasteiger partial charge is 0.0945 e. The molecule has 0 saturated heterocycles. The second-order valence-corrected chi connectivity index (χ2v) is 3.14.